The Bertz CT molecular complexity index is 1080. The van der Waals surface area contributed by atoms with Crippen molar-refractivity contribution < 1.29 is 0 Å². The topological polar surface area (TPSA) is 82.9 Å². The van der Waals surface area contributed by atoms with Gasteiger partial charge in [0.25, 0.3) is 0 Å². The highest BCUT2D eigenvalue weighted by atomic mass is 32.2. The molecule has 0 radical (unpaired) electrons. The quantitative estimate of drug-likeness (QED) is 0.507. The molecule has 9 heteroatoms. The molecule has 0 unspecified atom stereocenters. The fourth-order valence-electron chi connectivity index (χ4n) is 2.53. The van der Waals surface area contributed by atoms with Crippen molar-refractivity contribution in [1.82, 2.24) is 34.4 Å². The number of aromatic nitrogens is 7. The molecular weight excluding hydrogens is 338 g/mol. The summed E-state index contributed by atoms with van der Waals surface area (Å²) in [7, 11) is 0. The molecule has 3 aromatic heterocycles. The van der Waals surface area contributed by atoms with E-state index in [4.69, 9.17) is 0 Å². The van der Waals surface area contributed by atoms with Crippen molar-refractivity contribution in [3.63, 3.8) is 0 Å². The summed E-state index contributed by atoms with van der Waals surface area (Å²) in [5.41, 5.74) is 2.55. The van der Waals surface area contributed by atoms with Gasteiger partial charge in [-0.3, -0.25) is 4.40 Å². The summed E-state index contributed by atoms with van der Waals surface area (Å²) in [4.78, 5) is 12.3. The molecule has 25 heavy (non-hydrogen) atoms. The van der Waals surface area contributed by atoms with Gasteiger partial charge in [-0.25, -0.2) is 9.48 Å². The maximum absolute atomic E-state index is 12.3. The van der Waals surface area contributed by atoms with E-state index in [0.29, 0.717) is 23.1 Å². The summed E-state index contributed by atoms with van der Waals surface area (Å²) in [6.45, 7) is 2.50. The Morgan fingerprint density at radius 2 is 2.08 bits per heavy atom. The molecule has 4 rings (SSSR count). The van der Waals surface area contributed by atoms with E-state index in [1.807, 2.05) is 49.4 Å². The molecule has 0 amide bonds. The number of fused-ring (bicyclic) bond motifs is 1. The van der Waals surface area contributed by atoms with Gasteiger partial charge in [0.2, 0.25) is 5.16 Å². The normalized spacial score (nSPS) is 11.2. The molecule has 0 N–H and O–H groups in total. The summed E-state index contributed by atoms with van der Waals surface area (Å²) in [6, 6.07) is 13.5. The summed E-state index contributed by atoms with van der Waals surface area (Å²) in [6.07, 6.45) is 1.71. The molecule has 3 heterocycles. The predicted molar refractivity (Wildman–Crippen MR) is 94.1 cm³/mol. The molecule has 0 aliphatic heterocycles. The second-order valence-corrected chi connectivity index (χ2v) is 6.56. The lowest BCUT2D eigenvalue weighted by Gasteiger charge is -2.04. The van der Waals surface area contributed by atoms with Crippen molar-refractivity contribution in [3.8, 4) is 5.69 Å². The Balaban J connectivity index is 1.50. The molecule has 4 aromatic rings. The van der Waals surface area contributed by atoms with Crippen LogP contribution in [0.1, 0.15) is 5.56 Å². The van der Waals surface area contributed by atoms with Gasteiger partial charge in [-0.15, -0.1) is 10.2 Å². The van der Waals surface area contributed by atoms with Gasteiger partial charge in [0, 0.05) is 11.9 Å². The summed E-state index contributed by atoms with van der Waals surface area (Å²) < 4.78 is 4.69. The van der Waals surface area contributed by atoms with Gasteiger partial charge < -0.3 is 0 Å². The lowest BCUT2D eigenvalue weighted by molar-refractivity contribution is 0.638. The first-order chi connectivity index (χ1) is 12.2. The highest BCUT2D eigenvalue weighted by Gasteiger charge is 2.10. The second-order valence-electron chi connectivity index (χ2n) is 5.50. The maximum atomic E-state index is 12.3. The summed E-state index contributed by atoms with van der Waals surface area (Å²) in [5, 5.41) is 16.9. The Morgan fingerprint density at radius 1 is 1.16 bits per heavy atom. The minimum absolute atomic E-state index is 0.144. The molecule has 0 aliphatic carbocycles. The molecule has 0 aliphatic rings. The van der Waals surface area contributed by atoms with Crippen LogP contribution in [0.5, 0.6) is 0 Å². The van der Waals surface area contributed by atoms with E-state index in [1.165, 1.54) is 20.8 Å². The number of aryl methyl sites for hydroxylation is 2. The van der Waals surface area contributed by atoms with E-state index in [9.17, 15) is 4.79 Å². The van der Waals surface area contributed by atoms with Crippen molar-refractivity contribution in [2.24, 2.45) is 0 Å². The molecule has 0 spiro atoms. The van der Waals surface area contributed by atoms with E-state index in [-0.39, 0.29) is 5.69 Å². The highest BCUT2D eigenvalue weighted by molar-refractivity contribution is 7.99. The number of pyridine rings is 1. The lowest BCUT2D eigenvalue weighted by atomic mass is 10.2. The zero-order valence-electron chi connectivity index (χ0n) is 13.5. The van der Waals surface area contributed by atoms with Crippen molar-refractivity contribution in [2.45, 2.75) is 18.6 Å². The Morgan fingerprint density at radius 3 is 2.92 bits per heavy atom. The van der Waals surface area contributed by atoms with Gasteiger partial charge in [0.1, 0.15) is 0 Å². The number of benzene rings is 1. The van der Waals surface area contributed by atoms with E-state index in [2.05, 4.69) is 20.6 Å². The van der Waals surface area contributed by atoms with Crippen LogP contribution in [0.15, 0.2) is 58.6 Å². The zero-order valence-corrected chi connectivity index (χ0v) is 14.3. The number of tetrazole rings is 1. The molecule has 0 saturated carbocycles. The van der Waals surface area contributed by atoms with Gasteiger partial charge in [-0.1, -0.05) is 30.0 Å². The number of hydrogen-bond donors (Lipinski definition) is 0. The van der Waals surface area contributed by atoms with Crippen molar-refractivity contribution in [1.29, 1.82) is 0 Å². The first-order valence-electron chi connectivity index (χ1n) is 7.75. The van der Waals surface area contributed by atoms with Crippen molar-refractivity contribution in [2.75, 3.05) is 5.75 Å². The smallest absolute Gasteiger partial charge is 0.250 e. The SMILES string of the molecule is Cc1cccc(-n2nnnc2SCCn2nc3ccccn3c2=O)c1. The van der Waals surface area contributed by atoms with E-state index < -0.39 is 0 Å². The second kappa shape index (κ2) is 6.52. The van der Waals surface area contributed by atoms with Crippen LogP contribution in [0.25, 0.3) is 11.3 Å². The molecule has 0 saturated heterocycles. The van der Waals surface area contributed by atoms with Gasteiger partial charge in [-0.2, -0.15) is 4.68 Å². The molecule has 1 aromatic carbocycles. The number of thioether (sulfide) groups is 1. The van der Waals surface area contributed by atoms with Crippen LogP contribution in [-0.2, 0) is 6.54 Å². The van der Waals surface area contributed by atoms with Crippen LogP contribution in [0.2, 0.25) is 0 Å². The summed E-state index contributed by atoms with van der Waals surface area (Å²) >= 11 is 1.49. The maximum Gasteiger partial charge on any atom is 0.350 e. The Kier molecular flexibility index (Phi) is 4.06. The van der Waals surface area contributed by atoms with Gasteiger partial charge in [-0.05, 0) is 47.2 Å². The lowest BCUT2D eigenvalue weighted by Crippen LogP contribution is -2.22. The minimum atomic E-state index is -0.144. The van der Waals surface area contributed by atoms with Crippen molar-refractivity contribution >= 4 is 17.4 Å². The number of nitrogens with zero attached hydrogens (tertiary/aromatic N) is 7. The average molecular weight is 353 g/mol. The number of rotatable bonds is 5. The molecule has 126 valence electrons. The molecule has 0 fully saturated rings. The van der Waals surface area contributed by atoms with Crippen LogP contribution in [0.3, 0.4) is 0 Å². The van der Waals surface area contributed by atoms with E-state index in [1.54, 1.807) is 10.9 Å². The van der Waals surface area contributed by atoms with Crippen LogP contribution >= 0.6 is 11.8 Å². The zero-order chi connectivity index (χ0) is 17.2. The molecule has 0 atom stereocenters. The summed E-state index contributed by atoms with van der Waals surface area (Å²) in [5.74, 6) is 0.635. The van der Waals surface area contributed by atoms with Crippen molar-refractivity contribution in [3.05, 3.63) is 64.7 Å². The van der Waals surface area contributed by atoms with Crippen LogP contribution < -0.4 is 5.69 Å². The predicted octanol–water partition coefficient (Wildman–Crippen LogP) is 1.57. The monoisotopic (exact) mass is 353 g/mol. The third-order valence-corrected chi connectivity index (χ3v) is 4.61. The third kappa shape index (κ3) is 3.05. The standard InChI is InChI=1S/C16H15N7OS/c1-12-5-4-6-13(11-12)23-15(17-19-20-23)25-10-9-22-16(24)21-8-3-2-7-14(21)18-22/h2-8,11H,9-10H2,1H3. The fourth-order valence-corrected chi connectivity index (χ4v) is 3.33. The van der Waals surface area contributed by atoms with Gasteiger partial charge >= 0.3 is 5.69 Å². The minimum Gasteiger partial charge on any atom is -0.250 e. The molecule has 8 nitrogen and oxygen atoms in total. The van der Waals surface area contributed by atoms with Crippen LogP contribution in [0.4, 0.5) is 0 Å². The van der Waals surface area contributed by atoms with Gasteiger partial charge in [0.15, 0.2) is 5.65 Å². The van der Waals surface area contributed by atoms with Crippen LogP contribution in [0, 0.1) is 6.92 Å². The molecular formula is C16H15N7OS. The fraction of sp³-hybridized carbons (Fsp3) is 0.188. The number of hydrogen-bond acceptors (Lipinski definition) is 6. The van der Waals surface area contributed by atoms with Crippen LogP contribution in [-0.4, -0.2) is 40.1 Å². The Labute approximate surface area is 147 Å². The van der Waals surface area contributed by atoms with Gasteiger partial charge in [0.05, 0.1) is 12.2 Å². The van der Waals surface area contributed by atoms with E-state index >= 15 is 0 Å². The molecule has 0 bridgehead atoms. The largest absolute Gasteiger partial charge is 0.350 e. The first kappa shape index (κ1) is 15.6. The van der Waals surface area contributed by atoms with E-state index in [0.717, 1.165) is 11.3 Å². The third-order valence-electron chi connectivity index (χ3n) is 3.71. The first-order valence-corrected chi connectivity index (χ1v) is 8.73. The average Bonchev–Trinajstić information content (AvgIpc) is 3.21. The Hall–Kier alpha value is -2.94. The highest BCUT2D eigenvalue weighted by Crippen LogP contribution is 2.18.